The Bertz CT molecular complexity index is 1140. The zero-order valence-corrected chi connectivity index (χ0v) is 23.1. The third-order valence-electron chi connectivity index (χ3n) is 7.50. The lowest BCUT2D eigenvalue weighted by Gasteiger charge is -2.32. The minimum Gasteiger partial charge on any atom is -0.336 e. The molecule has 196 valence electrons. The van der Waals surface area contributed by atoms with Crippen LogP contribution in [0.1, 0.15) is 78.0 Å². The first-order valence-corrected chi connectivity index (χ1v) is 13.2. The zero-order chi connectivity index (χ0) is 26.6. The molecule has 2 unspecified atom stereocenters. The normalized spacial score (nSPS) is 17.6. The molecule has 0 spiro atoms. The van der Waals surface area contributed by atoms with Gasteiger partial charge in [-0.1, -0.05) is 25.5 Å². The van der Waals surface area contributed by atoms with E-state index in [-0.39, 0.29) is 17.5 Å². The Morgan fingerprint density at radius 1 is 1.33 bits per heavy atom. The van der Waals surface area contributed by atoms with Gasteiger partial charge in [-0.3, -0.25) is 19.4 Å². The van der Waals surface area contributed by atoms with Gasteiger partial charge in [0.2, 0.25) is 5.91 Å². The van der Waals surface area contributed by atoms with Crippen LogP contribution in [0, 0.1) is 11.7 Å². The first kappa shape index (κ1) is 27.9. The Hall–Kier alpha value is -2.65. The number of hydrogen-bond donors (Lipinski definition) is 3. The smallest absolute Gasteiger partial charge is 0.219 e. The molecule has 0 bridgehead atoms. The van der Waals surface area contributed by atoms with Gasteiger partial charge in [0, 0.05) is 48.7 Å². The van der Waals surface area contributed by atoms with Gasteiger partial charge < -0.3 is 10.2 Å². The summed E-state index contributed by atoms with van der Waals surface area (Å²) in [6.07, 6.45) is 5.70. The van der Waals surface area contributed by atoms with E-state index >= 15 is 0 Å². The van der Waals surface area contributed by atoms with Crippen LogP contribution >= 0.6 is 11.9 Å². The van der Waals surface area contributed by atoms with Crippen molar-refractivity contribution in [3.05, 3.63) is 46.9 Å². The van der Waals surface area contributed by atoms with E-state index < -0.39 is 5.54 Å². The van der Waals surface area contributed by atoms with Crippen LogP contribution in [0.3, 0.4) is 0 Å². The molecule has 1 aliphatic heterocycles. The molecule has 2 aromatic rings. The van der Waals surface area contributed by atoms with Gasteiger partial charge in [-0.25, -0.2) is 4.39 Å². The number of carbonyl (C=O) groups excluding carboxylic acids is 2. The standard InChI is InChI=1S/C19H23FN4S.C8H15NO2/c1-3-11(2)12-4-5-13(8-12)16-9-18(24-23-16)22-15-6-7-17-14(19(15)20)10-21-25-17;1-6(10)8(3,4)9(5)7(2)11/h4,6-7,9,11,13,21H,3,5,8,10H2,1-2H3,(H2,22,23,24);1-5H3. The number of nitrogens with one attached hydrogen (secondary N) is 3. The lowest BCUT2D eigenvalue weighted by Crippen LogP contribution is -2.48. The molecule has 4 rings (SSSR count). The number of Topliss-reactive ketones (excluding diaryl/α,β-unsaturated/α-hetero) is 1. The molecular weight excluding hydrogens is 477 g/mol. The fraction of sp³-hybridized carbons (Fsp3) is 0.519. The SMILES string of the molecule is CC(=O)N(C)C(C)(C)C(C)=O.CCC(C)C1=CCC(c2cc(Nc3ccc4c(c3F)CNS4)n[nH]2)C1. The van der Waals surface area contributed by atoms with Crippen LogP contribution in [0.25, 0.3) is 0 Å². The van der Waals surface area contributed by atoms with Crippen LogP contribution in [0.5, 0.6) is 0 Å². The van der Waals surface area contributed by atoms with Crippen molar-refractivity contribution >= 4 is 35.1 Å². The molecule has 0 radical (unpaired) electrons. The number of amides is 1. The predicted octanol–water partition coefficient (Wildman–Crippen LogP) is 6.08. The molecule has 1 amide bonds. The maximum atomic E-state index is 14.6. The number of aromatic amines is 1. The third kappa shape index (κ3) is 6.18. The van der Waals surface area contributed by atoms with E-state index in [1.54, 1.807) is 32.5 Å². The van der Waals surface area contributed by atoms with Gasteiger partial charge in [0.15, 0.2) is 17.4 Å². The van der Waals surface area contributed by atoms with E-state index in [2.05, 4.69) is 40.2 Å². The first-order valence-electron chi connectivity index (χ1n) is 12.4. The lowest BCUT2D eigenvalue weighted by atomic mass is 9.94. The molecule has 0 saturated heterocycles. The molecular formula is C27H38FN5O2S. The summed E-state index contributed by atoms with van der Waals surface area (Å²) >= 11 is 1.48. The highest BCUT2D eigenvalue weighted by Gasteiger charge is 2.30. The van der Waals surface area contributed by atoms with Crippen LogP contribution in [0.4, 0.5) is 15.9 Å². The van der Waals surface area contributed by atoms with Gasteiger partial charge in [-0.15, -0.1) is 0 Å². The number of carbonyl (C=O) groups is 2. The second-order valence-electron chi connectivity index (χ2n) is 10.1. The van der Waals surface area contributed by atoms with Crippen LogP contribution in [-0.4, -0.2) is 39.4 Å². The lowest BCUT2D eigenvalue weighted by molar-refractivity contribution is -0.140. The minimum absolute atomic E-state index is 0.00444. The van der Waals surface area contributed by atoms with Crippen molar-refractivity contribution in [2.45, 2.75) is 83.7 Å². The van der Waals surface area contributed by atoms with Gasteiger partial charge in [0.1, 0.15) is 0 Å². The molecule has 3 N–H and O–H groups in total. The fourth-order valence-corrected chi connectivity index (χ4v) is 4.96. The first-order chi connectivity index (χ1) is 16.9. The maximum absolute atomic E-state index is 14.6. The molecule has 36 heavy (non-hydrogen) atoms. The predicted molar refractivity (Wildman–Crippen MR) is 144 cm³/mol. The van der Waals surface area contributed by atoms with Crippen molar-refractivity contribution in [1.82, 2.24) is 19.8 Å². The maximum Gasteiger partial charge on any atom is 0.219 e. The second kappa shape index (κ2) is 11.6. The number of fused-ring (bicyclic) bond motifs is 1. The van der Waals surface area contributed by atoms with Crippen molar-refractivity contribution < 1.29 is 14.0 Å². The summed E-state index contributed by atoms with van der Waals surface area (Å²) in [5.74, 6) is 1.49. The second-order valence-corrected chi connectivity index (χ2v) is 11.0. The molecule has 2 atom stereocenters. The number of hydrogen-bond acceptors (Lipinski definition) is 6. The van der Waals surface area contributed by atoms with Crippen molar-refractivity contribution in [2.75, 3.05) is 12.4 Å². The van der Waals surface area contributed by atoms with Gasteiger partial charge in [-0.2, -0.15) is 5.10 Å². The number of ketones is 1. The van der Waals surface area contributed by atoms with Crippen molar-refractivity contribution in [3.63, 3.8) is 0 Å². The quantitative estimate of drug-likeness (QED) is 0.306. The molecule has 7 nitrogen and oxygen atoms in total. The minimum atomic E-state index is -0.675. The Balaban J connectivity index is 0.000000280. The molecule has 9 heteroatoms. The average Bonchev–Trinajstić information content (AvgIpc) is 3.60. The average molecular weight is 516 g/mol. The van der Waals surface area contributed by atoms with Crippen LogP contribution in [-0.2, 0) is 16.1 Å². The molecule has 1 aliphatic carbocycles. The summed E-state index contributed by atoms with van der Waals surface area (Å²) in [6.45, 7) is 11.5. The number of benzene rings is 1. The van der Waals surface area contributed by atoms with Crippen molar-refractivity contribution in [3.8, 4) is 0 Å². The highest BCUT2D eigenvalue weighted by molar-refractivity contribution is 7.97. The largest absolute Gasteiger partial charge is 0.336 e. The molecule has 0 saturated carbocycles. The van der Waals surface area contributed by atoms with E-state index in [4.69, 9.17) is 0 Å². The van der Waals surface area contributed by atoms with E-state index in [9.17, 15) is 14.0 Å². The van der Waals surface area contributed by atoms with Gasteiger partial charge in [0.05, 0.1) is 11.2 Å². The molecule has 2 aliphatic rings. The number of allylic oxidation sites excluding steroid dienone is 2. The van der Waals surface area contributed by atoms with Crippen molar-refractivity contribution in [2.24, 2.45) is 5.92 Å². The van der Waals surface area contributed by atoms with Gasteiger partial charge >= 0.3 is 0 Å². The molecule has 2 heterocycles. The van der Waals surface area contributed by atoms with Crippen LogP contribution in [0.15, 0.2) is 34.7 Å². The summed E-state index contributed by atoms with van der Waals surface area (Å²) in [5.41, 5.74) is 3.20. The number of nitrogens with zero attached hydrogens (tertiary/aromatic N) is 2. The monoisotopic (exact) mass is 515 g/mol. The summed E-state index contributed by atoms with van der Waals surface area (Å²) in [5, 5.41) is 10.6. The number of halogens is 1. The van der Waals surface area contributed by atoms with Gasteiger partial charge in [-0.05, 0) is 70.0 Å². The number of likely N-dealkylation sites (N-methyl/N-ethyl adjacent to an activating group) is 1. The van der Waals surface area contributed by atoms with Crippen LogP contribution < -0.4 is 10.0 Å². The highest BCUT2D eigenvalue weighted by atomic mass is 32.2. The van der Waals surface area contributed by atoms with Crippen molar-refractivity contribution in [1.29, 1.82) is 0 Å². The van der Waals surface area contributed by atoms with E-state index in [0.29, 0.717) is 29.9 Å². The summed E-state index contributed by atoms with van der Waals surface area (Å²) in [6, 6.07) is 5.73. The zero-order valence-electron chi connectivity index (χ0n) is 22.3. The third-order valence-corrected chi connectivity index (χ3v) is 8.39. The summed E-state index contributed by atoms with van der Waals surface area (Å²) < 4.78 is 17.7. The number of rotatable bonds is 7. The molecule has 1 aromatic heterocycles. The topological polar surface area (TPSA) is 90.1 Å². The Kier molecular flexibility index (Phi) is 9.00. The summed E-state index contributed by atoms with van der Waals surface area (Å²) in [4.78, 5) is 24.3. The fourth-order valence-electron chi connectivity index (χ4n) is 4.17. The Labute approximate surface area is 217 Å². The molecule has 1 aromatic carbocycles. The Morgan fingerprint density at radius 2 is 2.06 bits per heavy atom. The van der Waals surface area contributed by atoms with Gasteiger partial charge in [0.25, 0.3) is 0 Å². The number of H-pyrrole nitrogens is 1. The van der Waals surface area contributed by atoms with E-state index in [1.165, 1.54) is 37.1 Å². The number of anilines is 2. The van der Waals surface area contributed by atoms with Crippen LogP contribution in [0.2, 0.25) is 0 Å². The molecule has 0 fully saturated rings. The number of aromatic nitrogens is 2. The highest BCUT2D eigenvalue weighted by Crippen LogP contribution is 2.38. The summed E-state index contributed by atoms with van der Waals surface area (Å²) in [7, 11) is 1.63. The van der Waals surface area contributed by atoms with E-state index in [0.717, 1.165) is 29.0 Å². The Morgan fingerprint density at radius 3 is 2.67 bits per heavy atom. The van der Waals surface area contributed by atoms with E-state index in [1.807, 2.05) is 12.1 Å².